The third-order valence-corrected chi connectivity index (χ3v) is 2.47. The highest BCUT2D eigenvalue weighted by molar-refractivity contribution is 5.43. The number of hydrogen-bond acceptors (Lipinski definition) is 3. The molecule has 0 spiro atoms. The molecule has 2 aromatic rings. The summed E-state index contributed by atoms with van der Waals surface area (Å²) in [4.78, 5) is 4.11. The van der Waals surface area contributed by atoms with Gasteiger partial charge in [-0.25, -0.2) is 4.98 Å². The fourth-order valence-electron chi connectivity index (χ4n) is 1.45. The van der Waals surface area contributed by atoms with Crippen LogP contribution in [0.2, 0.25) is 0 Å². The molecule has 2 rings (SSSR count). The summed E-state index contributed by atoms with van der Waals surface area (Å²) < 4.78 is 7.54. The van der Waals surface area contributed by atoms with Crippen molar-refractivity contribution in [2.24, 2.45) is 0 Å². The molecule has 0 aliphatic rings. The molecule has 0 amide bonds. The van der Waals surface area contributed by atoms with Crippen molar-refractivity contribution in [3.63, 3.8) is 0 Å². The maximum atomic E-state index is 9.55. The summed E-state index contributed by atoms with van der Waals surface area (Å²) >= 11 is 0. The second kappa shape index (κ2) is 4.26. The molecular formula is C12H14N2O2. The Labute approximate surface area is 94.1 Å². The number of imidazole rings is 1. The summed E-state index contributed by atoms with van der Waals surface area (Å²) in [5.74, 6) is 0.855. The first kappa shape index (κ1) is 10.5. The van der Waals surface area contributed by atoms with Crippen LogP contribution in [0.25, 0.3) is 0 Å². The van der Waals surface area contributed by atoms with Crippen molar-refractivity contribution in [1.29, 1.82) is 0 Å². The highest BCUT2D eigenvalue weighted by Gasteiger charge is 2.08. The monoisotopic (exact) mass is 218 g/mol. The molecule has 0 fully saturated rings. The van der Waals surface area contributed by atoms with E-state index < -0.39 is 0 Å². The third kappa shape index (κ3) is 1.86. The van der Waals surface area contributed by atoms with Crippen molar-refractivity contribution >= 4 is 0 Å². The van der Waals surface area contributed by atoms with Gasteiger partial charge in [-0.15, -0.1) is 0 Å². The van der Waals surface area contributed by atoms with E-state index in [9.17, 15) is 5.11 Å². The summed E-state index contributed by atoms with van der Waals surface area (Å²) in [6, 6.07) is 5.73. The van der Waals surface area contributed by atoms with E-state index >= 15 is 0 Å². The van der Waals surface area contributed by atoms with Gasteiger partial charge >= 0.3 is 6.01 Å². The van der Waals surface area contributed by atoms with Gasteiger partial charge in [0.1, 0.15) is 11.5 Å². The second-order valence-corrected chi connectivity index (χ2v) is 3.50. The van der Waals surface area contributed by atoms with Crippen LogP contribution in [0, 0.1) is 6.92 Å². The fraction of sp³-hybridized carbons (Fsp3) is 0.250. The van der Waals surface area contributed by atoms with Gasteiger partial charge in [-0.3, -0.25) is 0 Å². The van der Waals surface area contributed by atoms with E-state index in [-0.39, 0.29) is 5.75 Å². The number of phenolic OH excluding ortho intramolecular Hbond substituents is 1. The lowest BCUT2D eigenvalue weighted by atomic mass is 10.2. The van der Waals surface area contributed by atoms with Gasteiger partial charge in [0, 0.05) is 24.5 Å². The van der Waals surface area contributed by atoms with Crippen molar-refractivity contribution in [3.05, 3.63) is 36.2 Å². The Morgan fingerprint density at radius 1 is 1.44 bits per heavy atom. The molecule has 0 radical (unpaired) electrons. The molecule has 1 aromatic heterocycles. The topological polar surface area (TPSA) is 47.3 Å². The van der Waals surface area contributed by atoms with E-state index in [4.69, 9.17) is 4.74 Å². The number of hydrogen-bond donors (Lipinski definition) is 1. The van der Waals surface area contributed by atoms with Crippen molar-refractivity contribution < 1.29 is 9.84 Å². The first-order chi connectivity index (χ1) is 7.72. The number of aryl methyl sites for hydroxylation is 1. The van der Waals surface area contributed by atoms with Crippen molar-refractivity contribution in [2.45, 2.75) is 20.4 Å². The van der Waals surface area contributed by atoms with Gasteiger partial charge < -0.3 is 14.4 Å². The molecule has 0 aliphatic carbocycles. The SMILES string of the molecule is CCn1ccnc1Oc1cccc(O)c1C. The third-order valence-electron chi connectivity index (χ3n) is 2.47. The first-order valence-electron chi connectivity index (χ1n) is 5.20. The number of ether oxygens (including phenoxy) is 1. The highest BCUT2D eigenvalue weighted by Crippen LogP contribution is 2.29. The number of benzene rings is 1. The first-order valence-corrected chi connectivity index (χ1v) is 5.20. The van der Waals surface area contributed by atoms with Gasteiger partial charge in [0.05, 0.1) is 0 Å². The Morgan fingerprint density at radius 3 is 3.00 bits per heavy atom. The Balaban J connectivity index is 2.30. The van der Waals surface area contributed by atoms with Crippen molar-refractivity contribution in [2.75, 3.05) is 0 Å². The van der Waals surface area contributed by atoms with E-state index in [0.29, 0.717) is 17.3 Å². The molecule has 1 heterocycles. The van der Waals surface area contributed by atoms with Crippen LogP contribution in [-0.4, -0.2) is 14.7 Å². The van der Waals surface area contributed by atoms with E-state index in [2.05, 4.69) is 4.98 Å². The largest absolute Gasteiger partial charge is 0.508 e. The summed E-state index contributed by atoms with van der Waals surface area (Å²) in [6.45, 7) is 4.63. The zero-order valence-electron chi connectivity index (χ0n) is 9.34. The van der Waals surface area contributed by atoms with Crippen LogP contribution in [0.1, 0.15) is 12.5 Å². The standard InChI is InChI=1S/C12H14N2O2/c1-3-14-8-7-13-12(14)16-11-6-4-5-10(15)9(11)2/h4-8,15H,3H2,1-2H3. The summed E-state index contributed by atoms with van der Waals surface area (Å²) in [5, 5.41) is 9.55. The lowest BCUT2D eigenvalue weighted by Gasteiger charge is -2.09. The van der Waals surface area contributed by atoms with E-state index in [1.807, 2.05) is 30.7 Å². The zero-order valence-corrected chi connectivity index (χ0v) is 9.34. The van der Waals surface area contributed by atoms with Crippen LogP contribution >= 0.6 is 0 Å². The number of rotatable bonds is 3. The molecule has 4 heteroatoms. The second-order valence-electron chi connectivity index (χ2n) is 3.50. The molecule has 4 nitrogen and oxygen atoms in total. The van der Waals surface area contributed by atoms with E-state index in [1.54, 1.807) is 18.3 Å². The predicted molar refractivity (Wildman–Crippen MR) is 60.8 cm³/mol. The van der Waals surface area contributed by atoms with Crippen LogP contribution in [0.15, 0.2) is 30.6 Å². The smallest absolute Gasteiger partial charge is 0.301 e. The maximum absolute atomic E-state index is 9.55. The molecule has 16 heavy (non-hydrogen) atoms. The van der Waals surface area contributed by atoms with Crippen LogP contribution in [-0.2, 0) is 6.54 Å². The van der Waals surface area contributed by atoms with Crippen LogP contribution in [0.5, 0.6) is 17.5 Å². The molecule has 1 N–H and O–H groups in total. The van der Waals surface area contributed by atoms with Gasteiger partial charge in [0.25, 0.3) is 0 Å². The molecule has 0 saturated heterocycles. The summed E-state index contributed by atoms with van der Waals surface area (Å²) in [6.07, 6.45) is 3.55. The quantitative estimate of drug-likeness (QED) is 0.861. The number of nitrogens with zero attached hydrogens (tertiary/aromatic N) is 2. The van der Waals surface area contributed by atoms with Gasteiger partial charge in [0.2, 0.25) is 0 Å². The minimum Gasteiger partial charge on any atom is -0.508 e. The van der Waals surface area contributed by atoms with Gasteiger partial charge in [-0.05, 0) is 26.0 Å². The van der Waals surface area contributed by atoms with Crippen molar-refractivity contribution in [1.82, 2.24) is 9.55 Å². The Kier molecular flexibility index (Phi) is 2.81. The van der Waals surface area contributed by atoms with Gasteiger partial charge in [0.15, 0.2) is 0 Å². The average Bonchev–Trinajstić information content (AvgIpc) is 2.72. The Morgan fingerprint density at radius 2 is 2.25 bits per heavy atom. The molecule has 0 unspecified atom stereocenters. The molecular weight excluding hydrogens is 204 g/mol. The summed E-state index contributed by atoms with van der Waals surface area (Å²) in [7, 11) is 0. The van der Waals surface area contributed by atoms with Crippen LogP contribution in [0.3, 0.4) is 0 Å². The normalized spacial score (nSPS) is 10.4. The minimum absolute atomic E-state index is 0.229. The number of aromatic hydroxyl groups is 1. The van der Waals surface area contributed by atoms with E-state index in [0.717, 1.165) is 6.54 Å². The Bertz CT molecular complexity index is 492. The number of phenols is 1. The van der Waals surface area contributed by atoms with Gasteiger partial charge in [-0.2, -0.15) is 0 Å². The van der Waals surface area contributed by atoms with E-state index in [1.165, 1.54) is 0 Å². The molecule has 0 bridgehead atoms. The highest BCUT2D eigenvalue weighted by atomic mass is 16.5. The van der Waals surface area contributed by atoms with Gasteiger partial charge in [-0.1, -0.05) is 6.07 Å². The number of aromatic nitrogens is 2. The predicted octanol–water partition coefficient (Wildman–Crippen LogP) is 2.71. The molecule has 1 aromatic carbocycles. The molecule has 0 atom stereocenters. The van der Waals surface area contributed by atoms with Crippen LogP contribution < -0.4 is 4.74 Å². The lowest BCUT2D eigenvalue weighted by molar-refractivity contribution is 0.405. The Hall–Kier alpha value is -1.97. The lowest BCUT2D eigenvalue weighted by Crippen LogP contribution is -1.98. The molecule has 0 saturated carbocycles. The fourth-order valence-corrected chi connectivity index (χ4v) is 1.45. The van der Waals surface area contributed by atoms with Crippen molar-refractivity contribution in [3.8, 4) is 17.5 Å². The zero-order chi connectivity index (χ0) is 11.5. The maximum Gasteiger partial charge on any atom is 0.301 e. The minimum atomic E-state index is 0.229. The molecule has 0 aliphatic heterocycles. The molecule has 84 valence electrons. The summed E-state index contributed by atoms with van der Waals surface area (Å²) in [5.41, 5.74) is 0.716. The van der Waals surface area contributed by atoms with Crippen LogP contribution in [0.4, 0.5) is 0 Å². The average molecular weight is 218 g/mol.